The summed E-state index contributed by atoms with van der Waals surface area (Å²) in [5.41, 5.74) is -0.100. The minimum absolute atomic E-state index is 0. The molecule has 1 N–H and O–H groups in total. The normalized spacial score (nSPS) is 15.7. The Morgan fingerprint density at radius 1 is 1.21 bits per heavy atom. The Balaban J connectivity index is 0.00000312. The van der Waals surface area contributed by atoms with E-state index in [0.29, 0.717) is 70.8 Å². The molecule has 9 nitrogen and oxygen atoms in total. The molecular weight excluding hydrogens is 868 g/mol. The van der Waals surface area contributed by atoms with Crippen LogP contribution in [0.5, 0.6) is 5.75 Å². The number of thioether (sulfide) groups is 1. The van der Waals surface area contributed by atoms with Gasteiger partial charge in [0.2, 0.25) is 0 Å². The molecular formula is C33H38F2N5O4PS2Tl-. The number of benzene rings is 2. The molecule has 15 heteroatoms. The van der Waals surface area contributed by atoms with Gasteiger partial charge in [0.15, 0.2) is 0 Å². The molecule has 0 spiro atoms. The van der Waals surface area contributed by atoms with Gasteiger partial charge in [0.05, 0.1) is 6.04 Å². The fourth-order valence-corrected chi connectivity index (χ4v) is 6.51. The molecule has 1 aliphatic rings. The maximum Gasteiger partial charge on any atom is -0.153 e. The number of methoxy groups -OCH3 is 1. The van der Waals surface area contributed by atoms with Gasteiger partial charge in [-0.2, -0.15) is 9.90 Å². The smallest absolute Gasteiger partial charge is 0.153 e. The summed E-state index contributed by atoms with van der Waals surface area (Å²) < 4.78 is 51.1. The van der Waals surface area contributed by atoms with Crippen LogP contribution in [0.15, 0.2) is 35.6 Å². The number of anilines is 1. The first-order valence-electron chi connectivity index (χ1n) is 14.7. The van der Waals surface area contributed by atoms with Gasteiger partial charge in [-0.3, -0.25) is 0 Å². The SMILES string of the molecule is COCOc1cc(-c2ncc3c(NCC4CCC(C)N4C(=O)OC(C)(C)C)nc(SC)nc3c2F)c2c(C#[C][Tl])c(F)ccc2c1.P.[SH-]. The van der Waals surface area contributed by atoms with Gasteiger partial charge in [-0.05, 0) is 40.5 Å². The molecule has 0 aliphatic carbocycles. The van der Waals surface area contributed by atoms with Crippen molar-refractivity contribution in [3.63, 3.8) is 0 Å². The number of nitrogens with zero attached hydrogens (tertiary/aromatic N) is 4. The molecule has 2 aromatic heterocycles. The number of likely N-dealkylation sites (tertiary alicyclic amines) is 1. The van der Waals surface area contributed by atoms with E-state index in [-0.39, 0.29) is 65.1 Å². The van der Waals surface area contributed by atoms with Gasteiger partial charge >= 0.3 is 216 Å². The van der Waals surface area contributed by atoms with E-state index in [2.05, 4.69) is 29.7 Å². The molecule has 1 aliphatic heterocycles. The molecule has 0 radical (unpaired) electrons. The van der Waals surface area contributed by atoms with E-state index in [0.717, 1.165) is 12.8 Å². The molecule has 0 bridgehead atoms. The van der Waals surface area contributed by atoms with Gasteiger partial charge in [0.25, 0.3) is 0 Å². The van der Waals surface area contributed by atoms with E-state index in [1.54, 1.807) is 29.4 Å². The molecule has 3 unspecified atom stereocenters. The predicted molar refractivity (Wildman–Crippen MR) is 196 cm³/mol. The number of carbonyl (C=O) groups is 1. The van der Waals surface area contributed by atoms with Gasteiger partial charge in [-0.15, -0.1) is 0 Å². The van der Waals surface area contributed by atoms with Gasteiger partial charge in [0, 0.05) is 6.04 Å². The number of aromatic nitrogens is 3. The minimum atomic E-state index is -0.691. The van der Waals surface area contributed by atoms with Crippen LogP contribution in [-0.4, -0.2) is 96.1 Å². The van der Waals surface area contributed by atoms with E-state index >= 15 is 8.78 Å². The average molecular weight is 906 g/mol. The number of carbonyl (C=O) groups excluding carboxylic acids is 1. The number of nitrogens with one attached hydrogen (secondary N) is 1. The summed E-state index contributed by atoms with van der Waals surface area (Å²) >= 11 is 1.59. The van der Waals surface area contributed by atoms with E-state index in [9.17, 15) is 4.79 Å². The summed E-state index contributed by atoms with van der Waals surface area (Å²) in [4.78, 5) is 28.5. The number of halogens is 2. The Labute approximate surface area is 309 Å². The first-order valence-corrected chi connectivity index (χ1v) is 18.2. The molecule has 254 valence electrons. The number of fused-ring (bicyclic) bond motifs is 2. The van der Waals surface area contributed by atoms with Crippen LogP contribution in [0.3, 0.4) is 0 Å². The van der Waals surface area contributed by atoms with Crippen LogP contribution in [0.2, 0.25) is 0 Å². The third-order valence-electron chi connectivity index (χ3n) is 7.58. The molecule has 1 amide bonds. The zero-order valence-electron chi connectivity index (χ0n) is 27.7. The molecule has 1 fully saturated rings. The minimum Gasteiger partial charge on any atom is -0.813 e. The predicted octanol–water partition coefficient (Wildman–Crippen LogP) is 6.29. The van der Waals surface area contributed by atoms with Crippen molar-refractivity contribution in [2.75, 3.05) is 32.0 Å². The summed E-state index contributed by atoms with van der Waals surface area (Å²) in [5.74, 6) is 2.50. The van der Waals surface area contributed by atoms with Crippen LogP contribution in [0.4, 0.5) is 19.4 Å². The van der Waals surface area contributed by atoms with Crippen molar-refractivity contribution in [1.82, 2.24) is 19.9 Å². The first-order chi connectivity index (χ1) is 21.9. The number of hydrogen-bond donors (Lipinski definition) is 1. The Hall–Kier alpha value is -2.51. The average Bonchev–Trinajstić information content (AvgIpc) is 3.39. The van der Waals surface area contributed by atoms with Crippen LogP contribution in [0.25, 0.3) is 32.9 Å². The van der Waals surface area contributed by atoms with Gasteiger partial charge in [-0.25, -0.2) is 4.79 Å². The van der Waals surface area contributed by atoms with Gasteiger partial charge in [-0.1, -0.05) is 0 Å². The van der Waals surface area contributed by atoms with Crippen LogP contribution in [0, 0.1) is 21.0 Å². The third-order valence-corrected chi connectivity index (χ3v) is 8.69. The second-order valence-corrected chi connectivity index (χ2v) is 13.8. The molecule has 4 aromatic rings. The van der Waals surface area contributed by atoms with Gasteiger partial charge < -0.3 is 23.1 Å². The fraction of sp³-hybridized carbons (Fsp3) is 0.394. The summed E-state index contributed by atoms with van der Waals surface area (Å²) in [6.07, 6.45) is 4.56. The standard InChI is InChI=1S/C33H34F2N5O4S.H3P.H2S.Tl/c1-8-22-25(34)12-10-19-13-21(43-17-42-6)14-23(26(19)22)28-27(35)29-24(16-36-28)30(39-31(38-29)45-7)37-15-20-11-9-18(2)40(20)32(41)44-33(3,4)5;;;/h10,12-14,16,18,20H,9,11,15,17H2,2-7H3,(H,37,38,39);1H3;1H2;/p-1. The topological polar surface area (TPSA) is 98.7 Å². The largest absolute Gasteiger partial charge is 0.813 e. The maximum absolute atomic E-state index is 16.7. The van der Waals surface area contributed by atoms with Crippen molar-refractivity contribution in [2.24, 2.45) is 0 Å². The fourth-order valence-electron chi connectivity index (χ4n) is 5.59. The quantitative estimate of drug-likeness (QED) is 0.0318. The Morgan fingerprint density at radius 3 is 2.62 bits per heavy atom. The van der Waals surface area contributed by atoms with Crippen LogP contribution in [0.1, 0.15) is 46.1 Å². The molecule has 3 atom stereocenters. The Kier molecular flexibility index (Phi) is 14.1. The van der Waals surface area contributed by atoms with Crippen LogP contribution in [-0.2, 0) is 23.0 Å². The van der Waals surface area contributed by atoms with E-state index in [1.807, 2.05) is 27.7 Å². The number of pyridine rings is 1. The van der Waals surface area contributed by atoms with Crippen LogP contribution < -0.4 is 10.1 Å². The molecule has 2 aromatic carbocycles. The van der Waals surface area contributed by atoms with Crippen molar-refractivity contribution in [3.8, 4) is 26.4 Å². The zero-order chi connectivity index (χ0) is 33.2. The molecule has 5 rings (SSSR count). The third kappa shape index (κ3) is 8.61. The number of rotatable bonds is 8. The monoisotopic (exact) mass is 906 g/mol. The van der Waals surface area contributed by atoms with E-state index in [4.69, 9.17) is 14.2 Å². The number of amides is 1. The summed E-state index contributed by atoms with van der Waals surface area (Å²) in [5, 5.41) is 5.11. The number of hydrogen-bond acceptors (Lipinski definition) is 10. The number of ether oxygens (including phenoxy) is 3. The van der Waals surface area contributed by atoms with Crippen LogP contribution >= 0.6 is 21.7 Å². The molecule has 1 saturated heterocycles. The molecule has 0 saturated carbocycles. The Morgan fingerprint density at radius 2 is 1.96 bits per heavy atom. The molecule has 3 heterocycles. The second kappa shape index (κ2) is 16.9. The summed E-state index contributed by atoms with van der Waals surface area (Å²) in [6, 6.07) is 6.15. The first kappa shape index (κ1) is 39.9. The zero-order valence-corrected chi connectivity index (χ0v) is 35.3. The van der Waals surface area contributed by atoms with Crippen molar-refractivity contribution >= 4 is 94.5 Å². The second-order valence-electron chi connectivity index (χ2n) is 11.9. The van der Waals surface area contributed by atoms with Crippen molar-refractivity contribution in [1.29, 1.82) is 0 Å². The molecule has 48 heavy (non-hydrogen) atoms. The van der Waals surface area contributed by atoms with E-state index in [1.165, 1.54) is 31.1 Å². The summed E-state index contributed by atoms with van der Waals surface area (Å²) in [7, 11) is 1.50. The Bertz CT molecular complexity index is 1870. The van der Waals surface area contributed by atoms with Gasteiger partial charge in [0.1, 0.15) is 5.60 Å². The van der Waals surface area contributed by atoms with Crippen molar-refractivity contribution in [2.45, 2.75) is 63.4 Å². The number of thiol groups is 1. The summed E-state index contributed by atoms with van der Waals surface area (Å²) in [6.45, 7) is 7.87. The maximum atomic E-state index is 16.7. The van der Waals surface area contributed by atoms with E-state index < -0.39 is 17.2 Å². The van der Waals surface area contributed by atoms with Crippen molar-refractivity contribution < 1.29 is 27.8 Å². The van der Waals surface area contributed by atoms with Crippen molar-refractivity contribution in [3.05, 3.63) is 47.7 Å².